The van der Waals surface area contributed by atoms with E-state index in [2.05, 4.69) is 9.59 Å². The van der Waals surface area contributed by atoms with Gasteiger partial charge in [-0.1, -0.05) is 22.7 Å². The highest BCUT2D eigenvalue weighted by Gasteiger charge is 2.16. The van der Waals surface area contributed by atoms with Gasteiger partial charge in [0, 0.05) is 5.56 Å². The minimum atomic E-state index is 0.764. The van der Waals surface area contributed by atoms with Crippen molar-refractivity contribution in [3.63, 3.8) is 0 Å². The highest BCUT2D eigenvalue weighted by molar-refractivity contribution is 7.13. The third-order valence-electron chi connectivity index (χ3n) is 2.98. The van der Waals surface area contributed by atoms with E-state index in [0.717, 1.165) is 32.8 Å². The van der Waals surface area contributed by atoms with Crippen LogP contribution in [0.5, 0.6) is 11.5 Å². The molecule has 4 nitrogen and oxygen atoms in total. The Morgan fingerprint density at radius 1 is 0.947 bits per heavy atom. The Morgan fingerprint density at radius 3 is 2.32 bits per heavy atom. The number of fused-ring (bicyclic) bond motifs is 1. The van der Waals surface area contributed by atoms with Crippen LogP contribution in [0.15, 0.2) is 36.4 Å². The zero-order chi connectivity index (χ0) is 13.2. The van der Waals surface area contributed by atoms with Crippen LogP contribution in [-0.2, 0) is 0 Å². The van der Waals surface area contributed by atoms with E-state index >= 15 is 0 Å². The molecule has 0 bridgehead atoms. The van der Waals surface area contributed by atoms with Gasteiger partial charge in [0.1, 0.15) is 17.0 Å². The molecule has 0 aliphatic carbocycles. The highest BCUT2D eigenvalue weighted by atomic mass is 32.1. The van der Waals surface area contributed by atoms with Crippen LogP contribution in [0.25, 0.3) is 21.3 Å². The van der Waals surface area contributed by atoms with Crippen molar-refractivity contribution in [3.05, 3.63) is 36.4 Å². The molecule has 1 heterocycles. The van der Waals surface area contributed by atoms with Crippen LogP contribution in [0.1, 0.15) is 0 Å². The number of rotatable bonds is 3. The topological polar surface area (TPSA) is 44.2 Å². The molecule has 0 fully saturated rings. The van der Waals surface area contributed by atoms with E-state index in [4.69, 9.17) is 9.47 Å². The number of benzene rings is 2. The molecule has 0 radical (unpaired) electrons. The molecule has 3 rings (SSSR count). The summed E-state index contributed by atoms with van der Waals surface area (Å²) in [6.07, 6.45) is 0. The molecule has 0 saturated carbocycles. The fraction of sp³-hybridized carbons (Fsp3) is 0.143. The van der Waals surface area contributed by atoms with Gasteiger partial charge in [0.25, 0.3) is 0 Å². The van der Waals surface area contributed by atoms with Crippen LogP contribution in [0.3, 0.4) is 0 Å². The number of methoxy groups -OCH3 is 2. The van der Waals surface area contributed by atoms with Gasteiger partial charge in [-0.15, -0.1) is 5.10 Å². The van der Waals surface area contributed by atoms with Crippen molar-refractivity contribution in [2.75, 3.05) is 14.2 Å². The summed E-state index contributed by atoms with van der Waals surface area (Å²) in [5.74, 6) is 1.53. The van der Waals surface area contributed by atoms with Gasteiger partial charge in [-0.2, -0.15) is 0 Å². The summed E-state index contributed by atoms with van der Waals surface area (Å²) in [6.45, 7) is 0. The summed E-state index contributed by atoms with van der Waals surface area (Å²) in [5.41, 5.74) is 2.75. The van der Waals surface area contributed by atoms with Crippen molar-refractivity contribution in [3.8, 4) is 22.6 Å². The molecule has 0 aliphatic rings. The minimum absolute atomic E-state index is 0.764. The molecular formula is C14H12N2O2S. The largest absolute Gasteiger partial charge is 0.496 e. The standard InChI is InChI=1S/C14H12N2O2S/c1-17-10-6-4-7-11(18-2)13(10)9-5-3-8-12-14(9)15-16-19-12/h3-8H,1-2H3. The predicted octanol–water partition coefficient (Wildman–Crippen LogP) is 3.38. The SMILES string of the molecule is COc1cccc(OC)c1-c1cccc2snnc12. The number of aromatic nitrogens is 2. The fourth-order valence-corrected chi connectivity index (χ4v) is 2.71. The Morgan fingerprint density at radius 2 is 1.63 bits per heavy atom. The number of ether oxygens (including phenoxy) is 2. The van der Waals surface area contributed by atoms with Crippen molar-refractivity contribution < 1.29 is 9.47 Å². The second kappa shape index (κ2) is 4.85. The second-order valence-electron chi connectivity index (χ2n) is 3.96. The van der Waals surface area contributed by atoms with E-state index in [1.165, 1.54) is 11.5 Å². The van der Waals surface area contributed by atoms with Crippen LogP contribution < -0.4 is 9.47 Å². The van der Waals surface area contributed by atoms with Crippen LogP contribution in [0.4, 0.5) is 0 Å². The van der Waals surface area contributed by atoms with E-state index in [0.29, 0.717) is 0 Å². The van der Waals surface area contributed by atoms with Crippen LogP contribution in [0, 0.1) is 0 Å². The molecule has 0 saturated heterocycles. The van der Waals surface area contributed by atoms with E-state index < -0.39 is 0 Å². The molecule has 1 aromatic heterocycles. The maximum Gasteiger partial charge on any atom is 0.130 e. The van der Waals surface area contributed by atoms with Gasteiger partial charge < -0.3 is 9.47 Å². The molecule has 0 amide bonds. The highest BCUT2D eigenvalue weighted by Crippen LogP contribution is 2.41. The molecule has 3 aromatic rings. The third-order valence-corrected chi connectivity index (χ3v) is 3.67. The zero-order valence-corrected chi connectivity index (χ0v) is 11.4. The van der Waals surface area contributed by atoms with Crippen LogP contribution in [0.2, 0.25) is 0 Å². The first-order valence-corrected chi connectivity index (χ1v) is 6.55. The van der Waals surface area contributed by atoms with Crippen LogP contribution >= 0.6 is 11.5 Å². The molecule has 0 N–H and O–H groups in total. The Balaban J connectivity index is 2.35. The van der Waals surface area contributed by atoms with Gasteiger partial charge in [0.15, 0.2) is 0 Å². The summed E-state index contributed by atoms with van der Waals surface area (Å²) < 4.78 is 15.9. The maximum atomic E-state index is 5.44. The van der Waals surface area contributed by atoms with Gasteiger partial charge in [0.2, 0.25) is 0 Å². The van der Waals surface area contributed by atoms with E-state index in [1.54, 1.807) is 14.2 Å². The lowest BCUT2D eigenvalue weighted by Crippen LogP contribution is -1.93. The minimum Gasteiger partial charge on any atom is -0.496 e. The number of hydrogen-bond donors (Lipinski definition) is 0. The monoisotopic (exact) mass is 272 g/mol. The lowest BCUT2D eigenvalue weighted by atomic mass is 10.0. The van der Waals surface area contributed by atoms with E-state index in [-0.39, 0.29) is 0 Å². The summed E-state index contributed by atoms with van der Waals surface area (Å²) in [6, 6.07) is 11.7. The average Bonchev–Trinajstić information content (AvgIpc) is 2.94. The number of nitrogens with zero attached hydrogens (tertiary/aromatic N) is 2. The smallest absolute Gasteiger partial charge is 0.130 e. The summed E-state index contributed by atoms with van der Waals surface area (Å²) in [7, 11) is 3.30. The first kappa shape index (κ1) is 11.9. The molecular weight excluding hydrogens is 260 g/mol. The lowest BCUT2D eigenvalue weighted by molar-refractivity contribution is 0.397. The predicted molar refractivity (Wildman–Crippen MR) is 76.0 cm³/mol. The fourth-order valence-electron chi connectivity index (χ4n) is 2.12. The third kappa shape index (κ3) is 1.92. The quantitative estimate of drug-likeness (QED) is 0.733. The summed E-state index contributed by atoms with van der Waals surface area (Å²) in [5, 5.41) is 4.20. The van der Waals surface area contributed by atoms with Gasteiger partial charge in [0.05, 0.1) is 24.5 Å². The molecule has 96 valence electrons. The van der Waals surface area contributed by atoms with Gasteiger partial charge in [-0.3, -0.25) is 0 Å². The van der Waals surface area contributed by atoms with Crippen molar-refractivity contribution in [1.82, 2.24) is 9.59 Å². The molecule has 0 aliphatic heterocycles. The molecule has 0 atom stereocenters. The Labute approximate surface area is 114 Å². The molecule has 19 heavy (non-hydrogen) atoms. The number of hydrogen-bond acceptors (Lipinski definition) is 5. The maximum absolute atomic E-state index is 5.44. The zero-order valence-electron chi connectivity index (χ0n) is 10.6. The summed E-state index contributed by atoms with van der Waals surface area (Å²) >= 11 is 1.38. The van der Waals surface area contributed by atoms with E-state index in [9.17, 15) is 0 Å². The average molecular weight is 272 g/mol. The first-order chi connectivity index (χ1) is 9.35. The molecule has 0 spiro atoms. The molecule has 0 unspecified atom stereocenters. The Bertz CT molecular complexity index is 702. The Hall–Kier alpha value is -2.14. The Kier molecular flexibility index (Phi) is 3.05. The van der Waals surface area contributed by atoms with Gasteiger partial charge in [-0.05, 0) is 29.7 Å². The second-order valence-corrected chi connectivity index (χ2v) is 4.75. The van der Waals surface area contributed by atoms with Gasteiger partial charge >= 0.3 is 0 Å². The van der Waals surface area contributed by atoms with Gasteiger partial charge in [-0.25, -0.2) is 0 Å². The molecule has 5 heteroatoms. The first-order valence-electron chi connectivity index (χ1n) is 5.77. The van der Waals surface area contributed by atoms with E-state index in [1.807, 2.05) is 36.4 Å². The normalized spacial score (nSPS) is 10.6. The molecule has 2 aromatic carbocycles. The summed E-state index contributed by atoms with van der Waals surface area (Å²) in [4.78, 5) is 0. The van der Waals surface area contributed by atoms with Crippen LogP contribution in [-0.4, -0.2) is 23.8 Å². The van der Waals surface area contributed by atoms with Crippen molar-refractivity contribution in [2.45, 2.75) is 0 Å². The van der Waals surface area contributed by atoms with Crippen molar-refractivity contribution in [2.24, 2.45) is 0 Å². The van der Waals surface area contributed by atoms with Crippen molar-refractivity contribution in [1.29, 1.82) is 0 Å². The van der Waals surface area contributed by atoms with Crippen molar-refractivity contribution >= 4 is 21.7 Å². The lowest BCUT2D eigenvalue weighted by Gasteiger charge is -2.13.